The van der Waals surface area contributed by atoms with Gasteiger partial charge in [0, 0.05) is 11.4 Å². The van der Waals surface area contributed by atoms with Crippen LogP contribution in [0.3, 0.4) is 0 Å². The van der Waals surface area contributed by atoms with E-state index in [9.17, 15) is 4.79 Å². The van der Waals surface area contributed by atoms with E-state index in [1.165, 1.54) is 0 Å². The van der Waals surface area contributed by atoms with Gasteiger partial charge in [0.15, 0.2) is 0 Å². The summed E-state index contributed by atoms with van der Waals surface area (Å²) >= 11 is 0. The summed E-state index contributed by atoms with van der Waals surface area (Å²) in [4.78, 5) is 11.3. The van der Waals surface area contributed by atoms with Gasteiger partial charge in [-0.2, -0.15) is 0 Å². The highest BCUT2D eigenvalue weighted by Gasteiger charge is 2.02. The summed E-state index contributed by atoms with van der Waals surface area (Å²) in [5, 5.41) is 9.91. The zero-order chi connectivity index (χ0) is 12.6. The Labute approximate surface area is 97.4 Å². The van der Waals surface area contributed by atoms with Crippen molar-refractivity contribution < 1.29 is 4.79 Å². The first-order valence-electron chi connectivity index (χ1n) is 5.48. The maximum Gasteiger partial charge on any atom is 0.230 e. The fourth-order valence-electron chi connectivity index (χ4n) is 1.17. The predicted molar refractivity (Wildman–Crippen MR) is 69.2 cm³/mol. The van der Waals surface area contributed by atoms with E-state index in [2.05, 4.69) is 5.32 Å². The van der Waals surface area contributed by atoms with Crippen molar-refractivity contribution in [1.82, 2.24) is 0 Å². The minimum absolute atomic E-state index is 0.136. The molecule has 0 aliphatic heterocycles. The third-order valence-electron chi connectivity index (χ3n) is 1.73. The molecule has 0 unspecified atom stereocenters. The largest absolute Gasteiger partial charge is 0.326 e. The Hall–Kier alpha value is -1.64. The molecule has 0 saturated heterocycles. The normalized spacial score (nSPS) is 8.75. The molecule has 0 atom stereocenters. The SMILES string of the molecule is CC.CC(=N)CC(=O)Nc1cccc(C)c1. The van der Waals surface area contributed by atoms with Gasteiger partial charge in [-0.05, 0) is 31.5 Å². The Kier molecular flexibility index (Phi) is 6.84. The molecule has 0 aromatic heterocycles. The lowest BCUT2D eigenvalue weighted by Gasteiger charge is -2.04. The van der Waals surface area contributed by atoms with Crippen LogP contribution < -0.4 is 5.32 Å². The molecule has 0 bridgehead atoms. The molecule has 88 valence electrons. The first kappa shape index (κ1) is 14.4. The highest BCUT2D eigenvalue weighted by atomic mass is 16.1. The molecular formula is C13H20N2O. The lowest BCUT2D eigenvalue weighted by Crippen LogP contribution is -2.14. The predicted octanol–water partition coefficient (Wildman–Crippen LogP) is 3.39. The molecule has 2 N–H and O–H groups in total. The molecule has 1 aromatic rings. The van der Waals surface area contributed by atoms with Gasteiger partial charge in [0.1, 0.15) is 0 Å². The zero-order valence-electron chi connectivity index (χ0n) is 10.4. The van der Waals surface area contributed by atoms with Crippen molar-refractivity contribution in [2.24, 2.45) is 0 Å². The summed E-state index contributed by atoms with van der Waals surface area (Å²) in [5.41, 5.74) is 2.26. The van der Waals surface area contributed by atoms with Gasteiger partial charge in [-0.1, -0.05) is 26.0 Å². The van der Waals surface area contributed by atoms with E-state index < -0.39 is 0 Å². The first-order valence-corrected chi connectivity index (χ1v) is 5.48. The summed E-state index contributed by atoms with van der Waals surface area (Å²) in [6.45, 7) is 7.59. The molecular weight excluding hydrogens is 200 g/mol. The van der Waals surface area contributed by atoms with E-state index in [1.807, 2.05) is 45.0 Å². The standard InChI is InChI=1S/C11H14N2O.C2H6/c1-8-4-3-5-10(6-8)13-11(14)7-9(2)12;1-2/h3-6,12H,7H2,1-2H3,(H,13,14);1-2H3. The van der Waals surface area contributed by atoms with Crippen LogP contribution in [0.4, 0.5) is 5.69 Å². The van der Waals surface area contributed by atoms with Gasteiger partial charge >= 0.3 is 0 Å². The van der Waals surface area contributed by atoms with Crippen LogP contribution in [-0.4, -0.2) is 11.6 Å². The fourth-order valence-corrected chi connectivity index (χ4v) is 1.17. The third kappa shape index (κ3) is 5.96. The minimum Gasteiger partial charge on any atom is -0.326 e. The lowest BCUT2D eigenvalue weighted by molar-refractivity contribution is -0.115. The Morgan fingerprint density at radius 2 is 2.00 bits per heavy atom. The molecule has 0 saturated carbocycles. The third-order valence-corrected chi connectivity index (χ3v) is 1.73. The van der Waals surface area contributed by atoms with Crippen LogP contribution in [0.2, 0.25) is 0 Å². The maximum atomic E-state index is 11.3. The number of anilines is 1. The maximum absolute atomic E-state index is 11.3. The van der Waals surface area contributed by atoms with Gasteiger partial charge in [0.05, 0.1) is 6.42 Å². The zero-order valence-corrected chi connectivity index (χ0v) is 10.4. The molecule has 0 fully saturated rings. The van der Waals surface area contributed by atoms with Crippen LogP contribution in [-0.2, 0) is 4.79 Å². The summed E-state index contributed by atoms with van der Waals surface area (Å²) in [5.74, 6) is -0.136. The monoisotopic (exact) mass is 220 g/mol. The van der Waals surface area contributed by atoms with E-state index in [4.69, 9.17) is 5.41 Å². The van der Waals surface area contributed by atoms with Gasteiger partial charge < -0.3 is 10.7 Å². The van der Waals surface area contributed by atoms with Crippen LogP contribution in [0.25, 0.3) is 0 Å². The van der Waals surface area contributed by atoms with Crippen LogP contribution in [0.15, 0.2) is 24.3 Å². The van der Waals surface area contributed by atoms with Gasteiger partial charge in [-0.3, -0.25) is 4.79 Å². The van der Waals surface area contributed by atoms with Crippen molar-refractivity contribution in [3.63, 3.8) is 0 Å². The van der Waals surface area contributed by atoms with Gasteiger partial charge in [0.2, 0.25) is 5.91 Å². The van der Waals surface area contributed by atoms with Crippen LogP contribution in [0.1, 0.15) is 32.8 Å². The van der Waals surface area contributed by atoms with Crippen molar-refractivity contribution in [3.8, 4) is 0 Å². The number of hydrogen-bond donors (Lipinski definition) is 2. The second-order valence-electron chi connectivity index (χ2n) is 3.37. The van der Waals surface area contributed by atoms with Crippen LogP contribution in [0.5, 0.6) is 0 Å². The molecule has 1 amide bonds. The van der Waals surface area contributed by atoms with E-state index in [0.717, 1.165) is 11.3 Å². The number of aryl methyl sites for hydroxylation is 1. The van der Waals surface area contributed by atoms with Crippen molar-refractivity contribution in [3.05, 3.63) is 29.8 Å². The van der Waals surface area contributed by atoms with Crippen molar-refractivity contribution >= 4 is 17.3 Å². The average Bonchev–Trinajstić information content (AvgIpc) is 2.19. The number of benzene rings is 1. The minimum atomic E-state index is -0.136. The van der Waals surface area contributed by atoms with Crippen LogP contribution in [0, 0.1) is 12.3 Å². The van der Waals surface area contributed by atoms with Gasteiger partial charge in [-0.25, -0.2) is 0 Å². The lowest BCUT2D eigenvalue weighted by atomic mass is 10.2. The highest BCUT2D eigenvalue weighted by Crippen LogP contribution is 2.09. The molecule has 0 heterocycles. The second-order valence-corrected chi connectivity index (χ2v) is 3.37. The molecule has 0 aliphatic carbocycles. The van der Waals surface area contributed by atoms with Gasteiger partial charge in [0.25, 0.3) is 0 Å². The first-order chi connectivity index (χ1) is 7.58. The number of carbonyl (C=O) groups is 1. The summed E-state index contributed by atoms with van der Waals surface area (Å²) in [6, 6.07) is 7.60. The molecule has 1 aromatic carbocycles. The molecule has 0 radical (unpaired) electrons. The quantitative estimate of drug-likeness (QED) is 0.754. The number of amides is 1. The Bertz CT molecular complexity index is 359. The van der Waals surface area contributed by atoms with Crippen molar-refractivity contribution in [2.45, 2.75) is 34.1 Å². The van der Waals surface area contributed by atoms with Crippen molar-refractivity contribution in [1.29, 1.82) is 5.41 Å². The summed E-state index contributed by atoms with van der Waals surface area (Å²) in [6.07, 6.45) is 0.161. The van der Waals surface area contributed by atoms with Crippen LogP contribution >= 0.6 is 0 Å². The van der Waals surface area contributed by atoms with E-state index in [0.29, 0.717) is 5.71 Å². The number of nitrogens with one attached hydrogen (secondary N) is 2. The van der Waals surface area contributed by atoms with E-state index in [1.54, 1.807) is 6.92 Å². The summed E-state index contributed by atoms with van der Waals surface area (Å²) in [7, 11) is 0. The topological polar surface area (TPSA) is 53.0 Å². The Morgan fingerprint density at radius 3 is 2.50 bits per heavy atom. The number of carbonyl (C=O) groups excluding carboxylic acids is 1. The van der Waals surface area contributed by atoms with E-state index in [-0.39, 0.29) is 12.3 Å². The smallest absolute Gasteiger partial charge is 0.230 e. The Morgan fingerprint density at radius 1 is 1.38 bits per heavy atom. The summed E-state index contributed by atoms with van der Waals surface area (Å²) < 4.78 is 0. The molecule has 0 aliphatic rings. The highest BCUT2D eigenvalue weighted by molar-refractivity contribution is 6.04. The second kappa shape index (κ2) is 7.63. The van der Waals surface area contributed by atoms with E-state index >= 15 is 0 Å². The number of hydrogen-bond acceptors (Lipinski definition) is 2. The molecule has 3 nitrogen and oxygen atoms in total. The molecule has 0 spiro atoms. The fraction of sp³-hybridized carbons (Fsp3) is 0.385. The molecule has 3 heteroatoms. The van der Waals surface area contributed by atoms with Crippen molar-refractivity contribution in [2.75, 3.05) is 5.32 Å². The molecule has 16 heavy (non-hydrogen) atoms. The Balaban J connectivity index is 0.00000106. The van der Waals surface area contributed by atoms with Gasteiger partial charge in [-0.15, -0.1) is 0 Å². The number of rotatable bonds is 3. The molecule has 1 rings (SSSR count). The average molecular weight is 220 g/mol.